The smallest absolute Gasteiger partial charge is 0.254 e. The van der Waals surface area contributed by atoms with Crippen molar-refractivity contribution < 1.29 is 14.3 Å². The zero-order valence-electron chi connectivity index (χ0n) is 19.2. The molecule has 1 aromatic carbocycles. The van der Waals surface area contributed by atoms with Crippen LogP contribution in [0.25, 0.3) is 0 Å². The van der Waals surface area contributed by atoms with E-state index in [-0.39, 0.29) is 5.91 Å². The third-order valence-electron chi connectivity index (χ3n) is 6.22. The Morgan fingerprint density at radius 3 is 2.59 bits per heavy atom. The number of rotatable bonds is 8. The summed E-state index contributed by atoms with van der Waals surface area (Å²) >= 11 is 1.68. The average Bonchev–Trinajstić information content (AvgIpc) is 3.19. The largest absolute Gasteiger partial charge is 0.490 e. The van der Waals surface area contributed by atoms with E-state index < -0.39 is 0 Å². The first kappa shape index (κ1) is 22.8. The van der Waals surface area contributed by atoms with Gasteiger partial charge in [-0.15, -0.1) is 11.3 Å². The number of nitrogens with one attached hydrogen (secondary N) is 1. The van der Waals surface area contributed by atoms with Gasteiger partial charge >= 0.3 is 0 Å². The number of amides is 1. The van der Waals surface area contributed by atoms with Gasteiger partial charge in [-0.05, 0) is 81.7 Å². The number of hydrogen-bond donors (Lipinski definition) is 1. The van der Waals surface area contributed by atoms with Crippen LogP contribution < -0.4 is 14.8 Å². The topological polar surface area (TPSA) is 59.9 Å². The lowest BCUT2D eigenvalue weighted by molar-refractivity contribution is 0.0927. The number of carbonyl (C=O) groups is 1. The van der Waals surface area contributed by atoms with Crippen LogP contribution in [0.15, 0.2) is 23.2 Å². The van der Waals surface area contributed by atoms with Gasteiger partial charge in [0.15, 0.2) is 11.5 Å². The molecule has 1 saturated carbocycles. The zero-order chi connectivity index (χ0) is 22.3. The third kappa shape index (κ3) is 5.34. The van der Waals surface area contributed by atoms with E-state index in [2.05, 4.69) is 5.32 Å². The average molecular weight is 455 g/mol. The van der Waals surface area contributed by atoms with E-state index >= 15 is 0 Å². The summed E-state index contributed by atoms with van der Waals surface area (Å²) in [6.45, 7) is 5.09. The molecular formula is C26H34N2O3S. The van der Waals surface area contributed by atoms with E-state index in [1.807, 2.05) is 38.3 Å². The molecular weight excluding hydrogens is 420 g/mol. The standard InChI is InChI=1S/C26H34N2O3S/c1-3-30-21-15-14-18(16-22(21)31-4-2)17-27-26-24(20-12-8-9-13-23(20)32-26)25(29)28-19-10-6-5-7-11-19/h14-17,19H,3-13H2,1-2H3,(H,28,29). The van der Waals surface area contributed by atoms with Gasteiger partial charge in [0.05, 0.1) is 18.8 Å². The second-order valence-electron chi connectivity index (χ2n) is 8.53. The van der Waals surface area contributed by atoms with Crippen molar-refractivity contribution in [3.05, 3.63) is 39.8 Å². The molecule has 0 aliphatic heterocycles. The first-order valence-electron chi connectivity index (χ1n) is 12.1. The van der Waals surface area contributed by atoms with Crippen LogP contribution in [0.1, 0.15) is 85.2 Å². The Morgan fingerprint density at radius 2 is 1.81 bits per heavy atom. The predicted molar refractivity (Wildman–Crippen MR) is 131 cm³/mol. The van der Waals surface area contributed by atoms with Gasteiger partial charge in [-0.3, -0.25) is 4.79 Å². The van der Waals surface area contributed by atoms with Crippen LogP contribution >= 0.6 is 11.3 Å². The van der Waals surface area contributed by atoms with Crippen molar-refractivity contribution in [2.45, 2.75) is 77.7 Å². The lowest BCUT2D eigenvalue weighted by atomic mass is 9.93. The van der Waals surface area contributed by atoms with Crippen molar-refractivity contribution in [2.24, 2.45) is 4.99 Å². The molecule has 32 heavy (non-hydrogen) atoms. The number of aliphatic imine (C=N–C) groups is 1. The Bertz CT molecular complexity index is 960. The molecule has 0 unspecified atom stereocenters. The molecule has 0 saturated heterocycles. The number of ether oxygens (including phenoxy) is 2. The van der Waals surface area contributed by atoms with Crippen LogP contribution in [0.2, 0.25) is 0 Å². The zero-order valence-corrected chi connectivity index (χ0v) is 20.1. The summed E-state index contributed by atoms with van der Waals surface area (Å²) in [6, 6.07) is 6.15. The summed E-state index contributed by atoms with van der Waals surface area (Å²) in [6.07, 6.45) is 12.1. The van der Waals surface area contributed by atoms with E-state index in [0.717, 1.165) is 59.7 Å². The molecule has 0 radical (unpaired) electrons. The molecule has 1 amide bonds. The molecule has 4 rings (SSSR count). The lowest BCUT2D eigenvalue weighted by Gasteiger charge is -2.23. The van der Waals surface area contributed by atoms with Crippen molar-refractivity contribution >= 4 is 28.5 Å². The molecule has 1 N–H and O–H groups in total. The summed E-state index contributed by atoms with van der Waals surface area (Å²) in [7, 11) is 0. The number of benzene rings is 1. The van der Waals surface area contributed by atoms with Crippen LogP contribution in [0.3, 0.4) is 0 Å². The first-order valence-corrected chi connectivity index (χ1v) is 12.9. The Morgan fingerprint density at radius 1 is 1.06 bits per heavy atom. The molecule has 0 bridgehead atoms. The summed E-state index contributed by atoms with van der Waals surface area (Å²) in [4.78, 5) is 19.5. The van der Waals surface area contributed by atoms with Crippen LogP contribution in [-0.2, 0) is 12.8 Å². The summed E-state index contributed by atoms with van der Waals surface area (Å²) < 4.78 is 11.4. The summed E-state index contributed by atoms with van der Waals surface area (Å²) in [5.74, 6) is 1.52. The highest BCUT2D eigenvalue weighted by Gasteiger charge is 2.27. The molecule has 172 valence electrons. The summed E-state index contributed by atoms with van der Waals surface area (Å²) in [5, 5.41) is 4.15. The molecule has 6 heteroatoms. The maximum Gasteiger partial charge on any atom is 0.254 e. The summed E-state index contributed by atoms with van der Waals surface area (Å²) in [5.41, 5.74) is 2.97. The van der Waals surface area contributed by atoms with Gasteiger partial charge in [0.25, 0.3) is 5.91 Å². The highest BCUT2D eigenvalue weighted by atomic mass is 32.1. The van der Waals surface area contributed by atoms with Crippen molar-refractivity contribution in [3.8, 4) is 11.5 Å². The number of aryl methyl sites for hydroxylation is 1. The van der Waals surface area contributed by atoms with E-state index in [9.17, 15) is 4.79 Å². The Labute approximate surface area is 195 Å². The van der Waals surface area contributed by atoms with Crippen molar-refractivity contribution in [3.63, 3.8) is 0 Å². The number of thiophene rings is 1. The molecule has 1 aromatic heterocycles. The lowest BCUT2D eigenvalue weighted by Crippen LogP contribution is -2.36. The third-order valence-corrected chi connectivity index (χ3v) is 7.42. The number of hydrogen-bond acceptors (Lipinski definition) is 5. The molecule has 0 atom stereocenters. The van der Waals surface area contributed by atoms with Crippen molar-refractivity contribution in [2.75, 3.05) is 13.2 Å². The van der Waals surface area contributed by atoms with Gasteiger partial charge in [-0.25, -0.2) is 4.99 Å². The molecule has 2 aliphatic carbocycles. The monoisotopic (exact) mass is 454 g/mol. The number of carbonyl (C=O) groups excluding carboxylic acids is 1. The Balaban J connectivity index is 1.60. The fraction of sp³-hybridized carbons (Fsp3) is 0.538. The molecule has 2 aromatic rings. The molecule has 2 aliphatic rings. The second-order valence-corrected chi connectivity index (χ2v) is 9.61. The maximum atomic E-state index is 13.3. The SMILES string of the molecule is CCOc1ccc(C=Nc2sc3c(c2C(=O)NC2CCCCC2)CCCC3)cc1OCC. The van der Waals surface area contributed by atoms with Crippen LogP contribution in [-0.4, -0.2) is 31.4 Å². The quantitative estimate of drug-likeness (QED) is 0.481. The number of fused-ring (bicyclic) bond motifs is 1. The van der Waals surface area contributed by atoms with Crippen LogP contribution in [0.4, 0.5) is 5.00 Å². The Kier molecular flexibility index (Phi) is 7.85. The highest BCUT2D eigenvalue weighted by Crippen LogP contribution is 2.40. The van der Waals surface area contributed by atoms with Crippen LogP contribution in [0.5, 0.6) is 11.5 Å². The minimum absolute atomic E-state index is 0.0603. The van der Waals surface area contributed by atoms with E-state index in [1.54, 1.807) is 11.3 Å². The van der Waals surface area contributed by atoms with Gasteiger partial charge in [-0.2, -0.15) is 0 Å². The Hall–Kier alpha value is -2.34. The van der Waals surface area contributed by atoms with Gasteiger partial charge in [-0.1, -0.05) is 19.3 Å². The molecule has 1 heterocycles. The minimum Gasteiger partial charge on any atom is -0.490 e. The van der Waals surface area contributed by atoms with E-state index in [0.29, 0.717) is 19.3 Å². The van der Waals surface area contributed by atoms with E-state index in [4.69, 9.17) is 14.5 Å². The van der Waals surface area contributed by atoms with Gasteiger partial charge in [0.2, 0.25) is 0 Å². The van der Waals surface area contributed by atoms with Crippen molar-refractivity contribution in [1.29, 1.82) is 0 Å². The van der Waals surface area contributed by atoms with E-state index in [1.165, 1.54) is 36.1 Å². The highest BCUT2D eigenvalue weighted by molar-refractivity contribution is 7.16. The van der Waals surface area contributed by atoms with Gasteiger partial charge < -0.3 is 14.8 Å². The minimum atomic E-state index is 0.0603. The predicted octanol–water partition coefficient (Wildman–Crippen LogP) is 6.24. The second kappa shape index (κ2) is 11.0. The van der Waals surface area contributed by atoms with Crippen molar-refractivity contribution in [1.82, 2.24) is 5.32 Å². The fourth-order valence-electron chi connectivity index (χ4n) is 4.66. The van der Waals surface area contributed by atoms with Gasteiger partial charge in [0, 0.05) is 17.1 Å². The normalized spacial score (nSPS) is 16.7. The number of nitrogens with zero attached hydrogens (tertiary/aromatic N) is 1. The molecule has 1 fully saturated rings. The van der Waals surface area contributed by atoms with Gasteiger partial charge in [0.1, 0.15) is 5.00 Å². The maximum absolute atomic E-state index is 13.3. The van der Waals surface area contributed by atoms with Crippen LogP contribution in [0, 0.1) is 0 Å². The molecule has 5 nitrogen and oxygen atoms in total. The fourth-order valence-corrected chi connectivity index (χ4v) is 5.89. The molecule has 0 spiro atoms. The first-order chi connectivity index (χ1) is 15.7.